The number of hydrogen-bond donors (Lipinski definition) is 1. The Hall–Kier alpha value is -0.830. The van der Waals surface area contributed by atoms with Gasteiger partial charge in [0.1, 0.15) is 0 Å². The van der Waals surface area contributed by atoms with Crippen LogP contribution in [-0.2, 0) is 16.2 Å². The average molecular weight is 371 g/mol. The Balaban J connectivity index is 0.00000192. The van der Waals surface area contributed by atoms with Crippen LogP contribution in [0, 0.1) is 11.8 Å². The van der Waals surface area contributed by atoms with E-state index in [1.54, 1.807) is 0 Å². The van der Waals surface area contributed by atoms with Gasteiger partial charge in [-0.25, -0.2) is 8.42 Å². The Kier molecular flexibility index (Phi) is 5.30. The number of fused-ring (bicyclic) bond motifs is 1. The standard InChI is InChI=1S/C14H17F3N2O2S.ClH/c15-14(16,17)12-1-3-13(4-2-12)22(20,21)19-6-5-10-7-18-8-11(10)9-19;/h1-4,10-11,18H,5-9H2;1H. The van der Waals surface area contributed by atoms with E-state index in [2.05, 4.69) is 5.32 Å². The van der Waals surface area contributed by atoms with Gasteiger partial charge in [-0.3, -0.25) is 0 Å². The van der Waals surface area contributed by atoms with Gasteiger partial charge in [0.15, 0.2) is 0 Å². The minimum Gasteiger partial charge on any atom is -0.316 e. The largest absolute Gasteiger partial charge is 0.416 e. The van der Waals surface area contributed by atoms with Gasteiger partial charge in [0, 0.05) is 13.1 Å². The summed E-state index contributed by atoms with van der Waals surface area (Å²) in [7, 11) is -3.72. The van der Waals surface area contributed by atoms with Gasteiger partial charge >= 0.3 is 6.18 Å². The Bertz CT molecular complexity index is 649. The van der Waals surface area contributed by atoms with Crippen LogP contribution in [-0.4, -0.2) is 38.9 Å². The summed E-state index contributed by atoms with van der Waals surface area (Å²) in [6, 6.07) is 3.71. The second-order valence-corrected chi connectivity index (χ2v) is 7.79. The van der Waals surface area contributed by atoms with Crippen molar-refractivity contribution in [3.8, 4) is 0 Å². The van der Waals surface area contributed by atoms with Crippen LogP contribution in [0.2, 0.25) is 0 Å². The van der Waals surface area contributed by atoms with Crippen molar-refractivity contribution in [1.29, 1.82) is 0 Å². The van der Waals surface area contributed by atoms with Gasteiger partial charge in [-0.2, -0.15) is 17.5 Å². The lowest BCUT2D eigenvalue weighted by molar-refractivity contribution is -0.137. The summed E-state index contributed by atoms with van der Waals surface area (Å²) < 4.78 is 64.2. The maximum Gasteiger partial charge on any atom is 0.416 e. The predicted molar refractivity (Wildman–Crippen MR) is 81.9 cm³/mol. The van der Waals surface area contributed by atoms with Crippen molar-refractivity contribution in [3.63, 3.8) is 0 Å². The molecule has 0 spiro atoms. The molecule has 1 N–H and O–H groups in total. The summed E-state index contributed by atoms with van der Waals surface area (Å²) in [5.74, 6) is 0.789. The first kappa shape index (κ1) is 18.5. The molecular formula is C14H18ClF3N2O2S. The number of piperidine rings is 1. The molecule has 0 radical (unpaired) electrons. The molecule has 2 aliphatic heterocycles. The van der Waals surface area contributed by atoms with Gasteiger partial charge < -0.3 is 5.32 Å². The highest BCUT2D eigenvalue weighted by Crippen LogP contribution is 2.32. The van der Waals surface area contributed by atoms with E-state index in [4.69, 9.17) is 0 Å². The van der Waals surface area contributed by atoms with Crippen molar-refractivity contribution < 1.29 is 21.6 Å². The quantitative estimate of drug-likeness (QED) is 0.869. The number of hydrogen-bond acceptors (Lipinski definition) is 3. The van der Waals surface area contributed by atoms with E-state index in [0.29, 0.717) is 19.0 Å². The molecular weight excluding hydrogens is 353 g/mol. The zero-order valence-corrected chi connectivity index (χ0v) is 13.8. The molecule has 4 nitrogen and oxygen atoms in total. The lowest BCUT2D eigenvalue weighted by atomic mass is 9.90. The van der Waals surface area contributed by atoms with Crippen LogP contribution in [0.1, 0.15) is 12.0 Å². The third-order valence-corrected chi connectivity index (χ3v) is 6.37. The molecule has 2 saturated heterocycles. The van der Waals surface area contributed by atoms with E-state index in [0.717, 1.165) is 43.8 Å². The smallest absolute Gasteiger partial charge is 0.316 e. The second-order valence-electron chi connectivity index (χ2n) is 5.85. The van der Waals surface area contributed by atoms with E-state index in [9.17, 15) is 21.6 Å². The van der Waals surface area contributed by atoms with Crippen LogP contribution < -0.4 is 5.32 Å². The minimum atomic E-state index is -4.46. The maximum atomic E-state index is 12.6. The second kappa shape index (κ2) is 6.58. The van der Waals surface area contributed by atoms with Crippen LogP contribution in [0.4, 0.5) is 13.2 Å². The number of nitrogens with zero attached hydrogens (tertiary/aromatic N) is 1. The monoisotopic (exact) mass is 370 g/mol. The van der Waals surface area contributed by atoms with Gasteiger partial charge in [-0.05, 0) is 55.6 Å². The molecule has 0 aliphatic carbocycles. The van der Waals surface area contributed by atoms with Gasteiger partial charge in [-0.1, -0.05) is 0 Å². The zero-order valence-electron chi connectivity index (χ0n) is 12.2. The van der Waals surface area contributed by atoms with Crippen molar-refractivity contribution in [2.45, 2.75) is 17.5 Å². The summed E-state index contributed by atoms with van der Waals surface area (Å²) in [6.45, 7) is 2.57. The van der Waals surface area contributed by atoms with Gasteiger partial charge in [0.2, 0.25) is 10.0 Å². The van der Waals surface area contributed by atoms with E-state index in [1.165, 1.54) is 4.31 Å². The highest BCUT2D eigenvalue weighted by atomic mass is 35.5. The average Bonchev–Trinajstić information content (AvgIpc) is 2.94. The summed E-state index contributed by atoms with van der Waals surface area (Å²) in [5, 5.41) is 3.25. The van der Waals surface area contributed by atoms with Crippen LogP contribution in [0.25, 0.3) is 0 Å². The third kappa shape index (κ3) is 3.65. The summed E-state index contributed by atoms with van der Waals surface area (Å²) in [4.78, 5) is -0.0788. The summed E-state index contributed by atoms with van der Waals surface area (Å²) >= 11 is 0. The Labute approximate surface area is 139 Å². The highest BCUT2D eigenvalue weighted by Gasteiger charge is 2.38. The molecule has 0 amide bonds. The van der Waals surface area contributed by atoms with Crippen molar-refractivity contribution in [2.24, 2.45) is 11.8 Å². The Morgan fingerprint density at radius 1 is 1.09 bits per heavy atom. The van der Waals surface area contributed by atoms with Crippen molar-refractivity contribution >= 4 is 22.4 Å². The SMILES string of the molecule is Cl.O=S(=O)(c1ccc(C(F)(F)F)cc1)N1CCC2CNCC2C1. The molecule has 2 atom stereocenters. The molecule has 130 valence electrons. The fourth-order valence-corrected chi connectivity index (χ4v) is 4.70. The first-order valence-corrected chi connectivity index (χ1v) is 8.60. The maximum absolute atomic E-state index is 12.6. The lowest BCUT2D eigenvalue weighted by Gasteiger charge is -2.33. The number of rotatable bonds is 2. The predicted octanol–water partition coefficient (Wildman–Crippen LogP) is 2.36. The fraction of sp³-hybridized carbons (Fsp3) is 0.571. The minimum absolute atomic E-state index is 0. The molecule has 2 fully saturated rings. The number of nitrogens with one attached hydrogen (secondary N) is 1. The zero-order chi connectivity index (χ0) is 16.0. The van der Waals surface area contributed by atoms with Crippen molar-refractivity contribution in [1.82, 2.24) is 9.62 Å². The van der Waals surface area contributed by atoms with E-state index < -0.39 is 21.8 Å². The summed E-state index contributed by atoms with van der Waals surface area (Å²) in [6.07, 6.45) is -3.67. The molecule has 9 heteroatoms. The highest BCUT2D eigenvalue weighted by molar-refractivity contribution is 7.89. The number of benzene rings is 1. The molecule has 0 saturated carbocycles. The molecule has 0 bridgehead atoms. The van der Waals surface area contributed by atoms with E-state index in [1.807, 2.05) is 0 Å². The van der Waals surface area contributed by atoms with Crippen LogP contribution >= 0.6 is 12.4 Å². The first-order valence-electron chi connectivity index (χ1n) is 7.16. The molecule has 3 rings (SSSR count). The lowest BCUT2D eigenvalue weighted by Crippen LogP contribution is -2.43. The van der Waals surface area contributed by atoms with E-state index >= 15 is 0 Å². The number of sulfonamides is 1. The number of alkyl halides is 3. The van der Waals surface area contributed by atoms with Crippen LogP contribution in [0.3, 0.4) is 0 Å². The molecule has 1 aromatic carbocycles. The first-order chi connectivity index (χ1) is 10.3. The van der Waals surface area contributed by atoms with Crippen molar-refractivity contribution in [3.05, 3.63) is 29.8 Å². The fourth-order valence-electron chi connectivity index (χ4n) is 3.18. The number of halogens is 4. The van der Waals surface area contributed by atoms with Gasteiger partial charge in [0.25, 0.3) is 0 Å². The van der Waals surface area contributed by atoms with Crippen LogP contribution in [0.15, 0.2) is 29.2 Å². The van der Waals surface area contributed by atoms with Gasteiger partial charge in [-0.15, -0.1) is 12.4 Å². The molecule has 23 heavy (non-hydrogen) atoms. The molecule has 2 unspecified atom stereocenters. The normalized spacial score (nSPS) is 25.7. The van der Waals surface area contributed by atoms with Crippen molar-refractivity contribution in [2.75, 3.05) is 26.2 Å². The molecule has 2 aliphatic rings. The van der Waals surface area contributed by atoms with Crippen LogP contribution in [0.5, 0.6) is 0 Å². The molecule has 0 aromatic heterocycles. The summed E-state index contributed by atoms with van der Waals surface area (Å²) in [5.41, 5.74) is -0.842. The molecule has 2 heterocycles. The van der Waals surface area contributed by atoms with Gasteiger partial charge in [0.05, 0.1) is 10.5 Å². The Morgan fingerprint density at radius 3 is 2.30 bits per heavy atom. The topological polar surface area (TPSA) is 49.4 Å². The Morgan fingerprint density at radius 2 is 1.70 bits per heavy atom. The molecule has 1 aromatic rings. The van der Waals surface area contributed by atoms with E-state index in [-0.39, 0.29) is 23.2 Å². The third-order valence-electron chi connectivity index (χ3n) is 4.49.